The Morgan fingerprint density at radius 3 is 2.86 bits per heavy atom. The van der Waals surface area contributed by atoms with Gasteiger partial charge in [0.05, 0.1) is 7.11 Å². The average molecular weight is 302 g/mol. The molecule has 1 aliphatic rings. The largest absolute Gasteiger partial charge is 0.497 e. The Morgan fingerprint density at radius 2 is 2.14 bits per heavy atom. The first kappa shape index (κ1) is 16.6. The molecule has 0 atom stereocenters. The zero-order chi connectivity index (χ0) is 15.9. The fourth-order valence-corrected chi connectivity index (χ4v) is 2.67. The van der Waals surface area contributed by atoms with Crippen LogP contribution >= 0.6 is 0 Å². The zero-order valence-electron chi connectivity index (χ0n) is 13.8. The van der Waals surface area contributed by atoms with E-state index < -0.39 is 0 Å². The van der Waals surface area contributed by atoms with Gasteiger partial charge >= 0.3 is 0 Å². The lowest BCUT2D eigenvalue weighted by molar-refractivity contribution is -0.130. The van der Waals surface area contributed by atoms with Crippen molar-refractivity contribution in [3.05, 3.63) is 41.5 Å². The van der Waals surface area contributed by atoms with Crippen LogP contribution in [-0.4, -0.2) is 49.0 Å². The normalized spacial score (nSPS) is 17.5. The highest BCUT2D eigenvalue weighted by Gasteiger charge is 2.21. The minimum absolute atomic E-state index is 0.239. The van der Waals surface area contributed by atoms with Crippen LogP contribution in [0.5, 0.6) is 5.75 Å². The van der Waals surface area contributed by atoms with E-state index in [1.807, 2.05) is 29.2 Å². The van der Waals surface area contributed by atoms with Crippen LogP contribution in [0.4, 0.5) is 0 Å². The summed E-state index contributed by atoms with van der Waals surface area (Å²) in [4.78, 5) is 16.6. The van der Waals surface area contributed by atoms with Crippen LogP contribution in [-0.2, 0) is 11.3 Å². The summed E-state index contributed by atoms with van der Waals surface area (Å²) in [6, 6.07) is 7.94. The summed E-state index contributed by atoms with van der Waals surface area (Å²) >= 11 is 0. The lowest BCUT2D eigenvalue weighted by atomic mass is 10.2. The van der Waals surface area contributed by atoms with Crippen molar-refractivity contribution in [2.75, 3.05) is 33.3 Å². The molecule has 0 unspecified atom stereocenters. The topological polar surface area (TPSA) is 32.8 Å². The number of benzene rings is 1. The number of ether oxygens (including phenoxy) is 1. The van der Waals surface area contributed by atoms with E-state index in [9.17, 15) is 4.79 Å². The van der Waals surface area contributed by atoms with Crippen molar-refractivity contribution in [3.8, 4) is 5.75 Å². The molecule has 22 heavy (non-hydrogen) atoms. The van der Waals surface area contributed by atoms with Crippen LogP contribution in [0.25, 0.3) is 0 Å². The minimum atomic E-state index is 0.239. The first-order valence-corrected chi connectivity index (χ1v) is 7.87. The van der Waals surface area contributed by atoms with E-state index in [2.05, 4.69) is 24.8 Å². The zero-order valence-corrected chi connectivity index (χ0v) is 13.8. The second-order valence-corrected chi connectivity index (χ2v) is 5.83. The van der Waals surface area contributed by atoms with Gasteiger partial charge in [-0.1, -0.05) is 23.8 Å². The molecule has 0 aromatic heterocycles. The van der Waals surface area contributed by atoms with Gasteiger partial charge in [0.25, 0.3) is 0 Å². The van der Waals surface area contributed by atoms with E-state index in [0.29, 0.717) is 13.0 Å². The molecule has 1 saturated heterocycles. The Labute approximate surface area is 133 Å². The molecular formula is C18H26N2O2. The van der Waals surface area contributed by atoms with Crippen molar-refractivity contribution >= 4 is 5.91 Å². The monoisotopic (exact) mass is 302 g/mol. The summed E-state index contributed by atoms with van der Waals surface area (Å²) in [6.45, 7) is 8.38. The summed E-state index contributed by atoms with van der Waals surface area (Å²) in [6.07, 6.45) is 2.74. The lowest BCUT2D eigenvalue weighted by Crippen LogP contribution is -2.33. The SMILES string of the molecule is CC=C(C)CN1CCC(=O)N(Cc2cccc(OC)c2)CC1. The van der Waals surface area contributed by atoms with Gasteiger partial charge < -0.3 is 9.64 Å². The summed E-state index contributed by atoms with van der Waals surface area (Å²) < 4.78 is 5.25. The average Bonchev–Trinajstić information content (AvgIpc) is 2.71. The molecule has 4 nitrogen and oxygen atoms in total. The molecule has 4 heteroatoms. The Hall–Kier alpha value is -1.81. The maximum absolute atomic E-state index is 12.3. The van der Waals surface area contributed by atoms with E-state index in [0.717, 1.165) is 37.5 Å². The third-order valence-corrected chi connectivity index (χ3v) is 4.15. The smallest absolute Gasteiger partial charge is 0.224 e. The predicted octanol–water partition coefficient (Wildman–Crippen LogP) is 2.70. The third kappa shape index (κ3) is 4.60. The Balaban J connectivity index is 1.98. The van der Waals surface area contributed by atoms with Crippen molar-refractivity contribution in [1.82, 2.24) is 9.80 Å². The molecule has 1 aromatic carbocycles. The summed E-state index contributed by atoms with van der Waals surface area (Å²) in [5.41, 5.74) is 2.47. The highest BCUT2D eigenvalue weighted by Crippen LogP contribution is 2.16. The maximum atomic E-state index is 12.3. The molecule has 2 rings (SSSR count). The Morgan fingerprint density at radius 1 is 1.32 bits per heavy atom. The number of hydrogen-bond donors (Lipinski definition) is 0. The number of amides is 1. The second-order valence-electron chi connectivity index (χ2n) is 5.83. The van der Waals surface area contributed by atoms with Gasteiger partial charge in [0.2, 0.25) is 5.91 Å². The van der Waals surface area contributed by atoms with E-state index in [1.165, 1.54) is 5.57 Å². The fraction of sp³-hybridized carbons (Fsp3) is 0.500. The van der Waals surface area contributed by atoms with Crippen LogP contribution in [0.2, 0.25) is 0 Å². The van der Waals surface area contributed by atoms with Gasteiger partial charge in [-0.3, -0.25) is 9.69 Å². The van der Waals surface area contributed by atoms with Crippen molar-refractivity contribution in [2.24, 2.45) is 0 Å². The molecule has 120 valence electrons. The van der Waals surface area contributed by atoms with E-state index in [1.54, 1.807) is 7.11 Å². The van der Waals surface area contributed by atoms with Crippen molar-refractivity contribution in [2.45, 2.75) is 26.8 Å². The van der Waals surface area contributed by atoms with Crippen LogP contribution < -0.4 is 4.74 Å². The fourth-order valence-electron chi connectivity index (χ4n) is 2.67. The molecule has 1 fully saturated rings. The minimum Gasteiger partial charge on any atom is -0.497 e. The number of carbonyl (C=O) groups is 1. The van der Waals surface area contributed by atoms with Crippen molar-refractivity contribution in [1.29, 1.82) is 0 Å². The van der Waals surface area contributed by atoms with Crippen LogP contribution in [0.15, 0.2) is 35.9 Å². The standard InChI is InChI=1S/C18H26N2O2/c1-4-15(2)13-19-9-8-18(21)20(11-10-19)14-16-6-5-7-17(12-16)22-3/h4-7,12H,8-11,13-14H2,1-3H3. The molecule has 0 aliphatic carbocycles. The Bertz CT molecular complexity index is 540. The highest BCUT2D eigenvalue weighted by molar-refractivity contribution is 5.76. The van der Waals surface area contributed by atoms with Crippen LogP contribution in [0.1, 0.15) is 25.8 Å². The number of allylic oxidation sites excluding steroid dienone is 1. The van der Waals surface area contributed by atoms with E-state index >= 15 is 0 Å². The molecule has 0 spiro atoms. The van der Waals surface area contributed by atoms with Gasteiger partial charge in [0, 0.05) is 39.1 Å². The van der Waals surface area contributed by atoms with Crippen LogP contribution in [0, 0.1) is 0 Å². The van der Waals surface area contributed by atoms with Crippen molar-refractivity contribution < 1.29 is 9.53 Å². The third-order valence-electron chi connectivity index (χ3n) is 4.15. The molecule has 0 saturated carbocycles. The van der Waals surface area contributed by atoms with Gasteiger partial charge in [-0.25, -0.2) is 0 Å². The number of nitrogens with zero attached hydrogens (tertiary/aromatic N) is 2. The van der Waals surface area contributed by atoms with Crippen LogP contribution in [0.3, 0.4) is 0 Å². The molecule has 0 bridgehead atoms. The van der Waals surface area contributed by atoms with Crippen molar-refractivity contribution in [3.63, 3.8) is 0 Å². The van der Waals surface area contributed by atoms with E-state index in [-0.39, 0.29) is 5.91 Å². The number of methoxy groups -OCH3 is 1. The summed E-state index contributed by atoms with van der Waals surface area (Å²) in [7, 11) is 1.66. The first-order valence-electron chi connectivity index (χ1n) is 7.87. The molecule has 0 N–H and O–H groups in total. The van der Waals surface area contributed by atoms with Gasteiger partial charge in [0.1, 0.15) is 5.75 Å². The van der Waals surface area contributed by atoms with Gasteiger partial charge in [-0.05, 0) is 31.5 Å². The quantitative estimate of drug-likeness (QED) is 0.784. The molecule has 1 aliphatic heterocycles. The van der Waals surface area contributed by atoms with E-state index in [4.69, 9.17) is 4.74 Å². The molecule has 1 heterocycles. The van der Waals surface area contributed by atoms with Gasteiger partial charge in [-0.15, -0.1) is 0 Å². The lowest BCUT2D eigenvalue weighted by Gasteiger charge is -2.22. The second kappa shape index (κ2) is 7.99. The molecule has 0 radical (unpaired) electrons. The number of hydrogen-bond acceptors (Lipinski definition) is 3. The highest BCUT2D eigenvalue weighted by atomic mass is 16.5. The molecular weight excluding hydrogens is 276 g/mol. The Kier molecular flexibility index (Phi) is 6.01. The molecule has 1 amide bonds. The van der Waals surface area contributed by atoms with Gasteiger partial charge in [0.15, 0.2) is 0 Å². The maximum Gasteiger partial charge on any atom is 0.224 e. The molecule has 1 aromatic rings. The first-order chi connectivity index (χ1) is 10.6. The predicted molar refractivity (Wildman–Crippen MR) is 88.9 cm³/mol. The summed E-state index contributed by atoms with van der Waals surface area (Å²) in [5, 5.41) is 0. The number of rotatable bonds is 5. The van der Waals surface area contributed by atoms with Gasteiger partial charge in [-0.2, -0.15) is 0 Å². The number of carbonyl (C=O) groups excluding carboxylic acids is 1. The summed E-state index contributed by atoms with van der Waals surface area (Å²) in [5.74, 6) is 1.08.